The third kappa shape index (κ3) is 5.63. The minimum Gasteiger partial charge on any atom is -0.444 e. The van der Waals surface area contributed by atoms with Crippen LogP contribution in [0.5, 0.6) is 0 Å². The van der Waals surface area contributed by atoms with E-state index in [1.165, 1.54) is 4.90 Å². The van der Waals surface area contributed by atoms with Crippen molar-refractivity contribution in [3.63, 3.8) is 0 Å². The lowest BCUT2D eigenvalue weighted by Crippen LogP contribution is -2.33. The van der Waals surface area contributed by atoms with Crippen LogP contribution in [-0.4, -0.2) is 34.5 Å². The zero-order valence-corrected chi connectivity index (χ0v) is 14.8. The van der Waals surface area contributed by atoms with Gasteiger partial charge in [-0.3, -0.25) is 0 Å². The number of rotatable bonds is 5. The van der Waals surface area contributed by atoms with Gasteiger partial charge in [-0.15, -0.1) is 11.8 Å². The molecule has 1 aromatic carbocycles. The Morgan fingerprint density at radius 1 is 1.30 bits per heavy atom. The second-order valence-electron chi connectivity index (χ2n) is 6.15. The molecule has 1 aromatic heterocycles. The van der Waals surface area contributed by atoms with E-state index < -0.39 is 11.7 Å². The van der Waals surface area contributed by atoms with Crippen LogP contribution in [0.4, 0.5) is 4.79 Å². The van der Waals surface area contributed by atoms with Gasteiger partial charge in [0.1, 0.15) is 11.4 Å². The minimum absolute atomic E-state index is 0.406. The lowest BCUT2D eigenvalue weighted by atomic mass is 10.2. The number of aromatic amines is 1. The molecule has 1 amide bonds. The van der Waals surface area contributed by atoms with E-state index in [1.807, 2.05) is 27.0 Å². The molecule has 124 valence electrons. The molecular formula is C17H23N3O2S. The van der Waals surface area contributed by atoms with Crippen molar-refractivity contribution in [3.8, 4) is 11.3 Å². The van der Waals surface area contributed by atoms with E-state index in [-0.39, 0.29) is 0 Å². The van der Waals surface area contributed by atoms with Gasteiger partial charge < -0.3 is 15.0 Å². The molecule has 0 fully saturated rings. The maximum Gasteiger partial charge on any atom is 0.407 e. The summed E-state index contributed by atoms with van der Waals surface area (Å²) >= 11 is 1.72. The van der Waals surface area contributed by atoms with Crippen molar-refractivity contribution in [3.05, 3.63) is 36.3 Å². The highest BCUT2D eigenvalue weighted by molar-refractivity contribution is 7.98. The number of amides is 1. The maximum absolute atomic E-state index is 11.6. The van der Waals surface area contributed by atoms with Crippen LogP contribution in [0.2, 0.25) is 0 Å². The van der Waals surface area contributed by atoms with Crippen LogP contribution in [-0.2, 0) is 11.2 Å². The van der Waals surface area contributed by atoms with E-state index in [4.69, 9.17) is 4.74 Å². The molecule has 2 rings (SSSR count). The van der Waals surface area contributed by atoms with Crippen molar-refractivity contribution < 1.29 is 9.53 Å². The van der Waals surface area contributed by atoms with Crippen LogP contribution in [0.3, 0.4) is 0 Å². The summed E-state index contributed by atoms with van der Waals surface area (Å²) in [6.07, 6.45) is 4.09. The number of hydrogen-bond acceptors (Lipinski definition) is 4. The van der Waals surface area contributed by atoms with Gasteiger partial charge in [0.15, 0.2) is 0 Å². The highest BCUT2D eigenvalue weighted by Crippen LogP contribution is 2.21. The van der Waals surface area contributed by atoms with Crippen LogP contribution < -0.4 is 5.32 Å². The molecule has 0 atom stereocenters. The monoisotopic (exact) mass is 333 g/mol. The molecule has 5 nitrogen and oxygen atoms in total. The fourth-order valence-corrected chi connectivity index (χ4v) is 2.41. The Bertz CT molecular complexity index is 645. The number of thioether (sulfide) groups is 1. The zero-order valence-electron chi connectivity index (χ0n) is 14.0. The van der Waals surface area contributed by atoms with E-state index >= 15 is 0 Å². The minimum atomic E-state index is -0.481. The van der Waals surface area contributed by atoms with Gasteiger partial charge in [0.25, 0.3) is 0 Å². The Morgan fingerprint density at radius 2 is 2.00 bits per heavy atom. The first-order chi connectivity index (χ1) is 10.9. The molecule has 0 radical (unpaired) electrons. The van der Waals surface area contributed by atoms with Crippen LogP contribution in [0, 0.1) is 0 Å². The summed E-state index contributed by atoms with van der Waals surface area (Å²) in [6.45, 7) is 6.00. The Labute approximate surface area is 141 Å². The number of carbonyl (C=O) groups excluding carboxylic acids is 1. The quantitative estimate of drug-likeness (QED) is 0.815. The van der Waals surface area contributed by atoms with Gasteiger partial charge in [-0.05, 0) is 44.7 Å². The van der Waals surface area contributed by atoms with Crippen LogP contribution >= 0.6 is 11.8 Å². The third-order valence-corrected chi connectivity index (χ3v) is 3.80. The average Bonchev–Trinajstić information content (AvgIpc) is 2.94. The van der Waals surface area contributed by atoms with Crippen molar-refractivity contribution in [1.29, 1.82) is 0 Å². The molecule has 0 unspecified atom stereocenters. The van der Waals surface area contributed by atoms with Crippen molar-refractivity contribution in [2.24, 2.45) is 0 Å². The smallest absolute Gasteiger partial charge is 0.407 e. The summed E-state index contributed by atoms with van der Waals surface area (Å²) in [5.41, 5.74) is 1.59. The summed E-state index contributed by atoms with van der Waals surface area (Å²) in [5.74, 6) is 0.838. The lowest BCUT2D eigenvalue weighted by molar-refractivity contribution is 0.0528. The van der Waals surface area contributed by atoms with E-state index in [2.05, 4.69) is 45.8 Å². The first-order valence-electron chi connectivity index (χ1n) is 7.52. The lowest BCUT2D eigenvalue weighted by Gasteiger charge is -2.19. The first-order valence-corrected chi connectivity index (χ1v) is 8.75. The predicted molar refractivity (Wildman–Crippen MR) is 93.7 cm³/mol. The number of alkyl carbamates (subject to hydrolysis) is 1. The van der Waals surface area contributed by atoms with E-state index in [1.54, 1.807) is 11.8 Å². The molecule has 2 aromatic rings. The number of H-pyrrole nitrogens is 1. The number of nitrogens with one attached hydrogen (secondary N) is 2. The summed E-state index contributed by atoms with van der Waals surface area (Å²) in [4.78, 5) is 20.4. The van der Waals surface area contributed by atoms with Crippen LogP contribution in [0.25, 0.3) is 11.3 Å². The fraction of sp³-hybridized carbons (Fsp3) is 0.412. The van der Waals surface area contributed by atoms with E-state index in [0.29, 0.717) is 13.0 Å². The fourth-order valence-electron chi connectivity index (χ4n) is 2.00. The molecule has 0 spiro atoms. The van der Waals surface area contributed by atoms with Crippen molar-refractivity contribution in [2.45, 2.75) is 37.7 Å². The highest BCUT2D eigenvalue weighted by atomic mass is 32.2. The Balaban J connectivity index is 1.86. The van der Waals surface area contributed by atoms with Gasteiger partial charge in [0.2, 0.25) is 0 Å². The number of nitrogens with zero attached hydrogens (tertiary/aromatic N) is 1. The number of imidazole rings is 1. The summed E-state index contributed by atoms with van der Waals surface area (Å²) in [6, 6.07) is 8.32. The molecule has 2 N–H and O–H groups in total. The Kier molecular flexibility index (Phi) is 5.71. The number of carbonyl (C=O) groups is 1. The van der Waals surface area contributed by atoms with Gasteiger partial charge in [0.05, 0.1) is 11.9 Å². The second-order valence-corrected chi connectivity index (χ2v) is 7.03. The van der Waals surface area contributed by atoms with Crippen LogP contribution in [0.15, 0.2) is 35.4 Å². The Morgan fingerprint density at radius 3 is 2.61 bits per heavy atom. The summed E-state index contributed by atoms with van der Waals surface area (Å²) in [5, 5.41) is 2.73. The van der Waals surface area contributed by atoms with Crippen molar-refractivity contribution in [1.82, 2.24) is 15.3 Å². The van der Waals surface area contributed by atoms with Gasteiger partial charge in [-0.2, -0.15) is 0 Å². The molecule has 1 heterocycles. The maximum atomic E-state index is 11.6. The third-order valence-electron chi connectivity index (χ3n) is 3.06. The number of aromatic nitrogens is 2. The standard InChI is InChI=1S/C17H23N3O2S/c1-17(2,3)22-16(21)18-10-9-15-19-11-14(20-15)12-5-7-13(23-4)8-6-12/h5-8,11H,9-10H2,1-4H3,(H,18,21)(H,19,20). The van der Waals surface area contributed by atoms with Gasteiger partial charge in [-0.25, -0.2) is 9.78 Å². The molecule has 0 aliphatic carbocycles. The van der Waals surface area contributed by atoms with Crippen molar-refractivity contribution in [2.75, 3.05) is 12.8 Å². The highest BCUT2D eigenvalue weighted by Gasteiger charge is 2.15. The molecule has 23 heavy (non-hydrogen) atoms. The topological polar surface area (TPSA) is 67.0 Å². The Hall–Kier alpha value is -1.95. The number of ether oxygens (including phenoxy) is 1. The first kappa shape index (κ1) is 17.4. The molecule has 6 heteroatoms. The second kappa shape index (κ2) is 7.55. The normalized spacial score (nSPS) is 11.3. The molecular weight excluding hydrogens is 310 g/mol. The molecule has 0 saturated carbocycles. The van der Waals surface area contributed by atoms with Gasteiger partial charge in [0, 0.05) is 17.9 Å². The summed E-state index contributed by atoms with van der Waals surface area (Å²) in [7, 11) is 0. The van der Waals surface area contributed by atoms with Crippen LogP contribution in [0.1, 0.15) is 26.6 Å². The molecule has 0 bridgehead atoms. The zero-order chi connectivity index (χ0) is 16.9. The average molecular weight is 333 g/mol. The van der Waals surface area contributed by atoms with Crippen molar-refractivity contribution >= 4 is 17.9 Å². The molecule has 0 aliphatic heterocycles. The summed E-state index contributed by atoms with van der Waals surface area (Å²) < 4.78 is 5.19. The van der Waals surface area contributed by atoms with Gasteiger partial charge >= 0.3 is 6.09 Å². The molecule has 0 aliphatic rings. The SMILES string of the molecule is CSc1ccc(-c2cnc(CCNC(=O)OC(C)(C)C)[nH]2)cc1. The number of benzene rings is 1. The van der Waals surface area contributed by atoms with Gasteiger partial charge in [-0.1, -0.05) is 12.1 Å². The largest absolute Gasteiger partial charge is 0.444 e. The van der Waals surface area contributed by atoms with E-state index in [0.717, 1.165) is 17.1 Å². The van der Waals surface area contributed by atoms with E-state index in [9.17, 15) is 4.79 Å². The number of hydrogen-bond donors (Lipinski definition) is 2. The predicted octanol–water partition coefficient (Wildman–Crippen LogP) is 3.87. The molecule has 0 saturated heterocycles.